The van der Waals surface area contributed by atoms with Gasteiger partial charge in [-0.15, -0.1) is 0 Å². The third kappa shape index (κ3) is 3.50. The maximum atomic E-state index is 3.67. The van der Waals surface area contributed by atoms with E-state index < -0.39 is 0 Å². The van der Waals surface area contributed by atoms with E-state index in [-0.39, 0.29) is 0 Å². The highest BCUT2D eigenvalue weighted by molar-refractivity contribution is 5.80. The summed E-state index contributed by atoms with van der Waals surface area (Å²) in [4.78, 5) is 0. The van der Waals surface area contributed by atoms with Crippen LogP contribution in [0.2, 0.25) is 0 Å². The molecule has 0 bridgehead atoms. The molecule has 0 spiro atoms. The molecule has 0 saturated heterocycles. The molecule has 2 unspecified atom stereocenters. The second kappa shape index (κ2) is 8.26. The highest BCUT2D eigenvalue weighted by Gasteiger charge is 2.31. The minimum atomic E-state index is 0.407. The normalized spacial score (nSPS) is 22.0. The van der Waals surface area contributed by atoms with Crippen molar-refractivity contribution < 1.29 is 0 Å². The summed E-state index contributed by atoms with van der Waals surface area (Å²) in [5.74, 6) is 0.832. The van der Waals surface area contributed by atoms with Crippen molar-refractivity contribution in [2.24, 2.45) is 0 Å². The molecule has 33 heavy (non-hydrogen) atoms. The summed E-state index contributed by atoms with van der Waals surface area (Å²) in [7, 11) is 0. The van der Waals surface area contributed by atoms with Crippen LogP contribution in [0.4, 0.5) is 11.4 Å². The average molecular weight is 426 g/mol. The van der Waals surface area contributed by atoms with E-state index in [1.54, 1.807) is 0 Å². The number of anilines is 2. The van der Waals surface area contributed by atoms with Crippen LogP contribution in [0.25, 0.3) is 22.8 Å². The molecule has 1 heteroatoms. The Morgan fingerprint density at radius 3 is 2.30 bits per heavy atom. The maximum Gasteiger partial charge on any atom is 0.0390 e. The number of rotatable bonds is 2. The van der Waals surface area contributed by atoms with Gasteiger partial charge in [-0.1, -0.05) is 91.1 Å². The number of nitrogens with one attached hydrogen (secondary N) is 1. The van der Waals surface area contributed by atoms with E-state index in [9.17, 15) is 0 Å². The lowest BCUT2D eigenvalue weighted by Gasteiger charge is -2.34. The van der Waals surface area contributed by atoms with Crippen LogP contribution in [-0.2, 0) is 0 Å². The van der Waals surface area contributed by atoms with Crippen LogP contribution in [0.3, 0.4) is 0 Å². The molecule has 0 saturated carbocycles. The number of benzene rings is 3. The lowest BCUT2D eigenvalue weighted by molar-refractivity contribution is 0.720. The smallest absolute Gasteiger partial charge is 0.0390 e. The fourth-order valence-corrected chi connectivity index (χ4v) is 5.44. The lowest BCUT2D eigenvalue weighted by Crippen LogP contribution is -2.26. The minimum Gasteiger partial charge on any atom is -0.355 e. The predicted molar refractivity (Wildman–Crippen MR) is 141 cm³/mol. The van der Waals surface area contributed by atoms with Crippen LogP contribution in [0.1, 0.15) is 36.3 Å². The minimum absolute atomic E-state index is 0.407. The van der Waals surface area contributed by atoms with Crippen LogP contribution in [0.5, 0.6) is 0 Å². The molecule has 0 amide bonds. The molecule has 0 heterocycles. The first-order valence-electron chi connectivity index (χ1n) is 11.8. The summed E-state index contributed by atoms with van der Waals surface area (Å²) in [6.07, 6.45) is 20.9. The van der Waals surface area contributed by atoms with Crippen molar-refractivity contribution in [1.29, 1.82) is 0 Å². The average Bonchev–Trinajstić information content (AvgIpc) is 2.89. The second-order valence-electron chi connectivity index (χ2n) is 8.94. The van der Waals surface area contributed by atoms with E-state index in [1.807, 2.05) is 0 Å². The van der Waals surface area contributed by atoms with E-state index in [0.29, 0.717) is 11.8 Å². The predicted octanol–water partition coefficient (Wildman–Crippen LogP) is 6.87. The molecular weight excluding hydrogens is 398 g/mol. The van der Waals surface area contributed by atoms with Crippen molar-refractivity contribution in [1.82, 2.24) is 0 Å². The van der Waals surface area contributed by atoms with Gasteiger partial charge >= 0.3 is 0 Å². The molecular formula is C32H27N. The molecule has 3 aromatic rings. The zero-order valence-electron chi connectivity index (χ0n) is 18.8. The van der Waals surface area contributed by atoms with Gasteiger partial charge in [0.2, 0.25) is 0 Å². The van der Waals surface area contributed by atoms with E-state index in [4.69, 9.17) is 0 Å². The Balaban J connectivity index is 1.39. The Morgan fingerprint density at radius 2 is 1.52 bits per heavy atom. The molecule has 3 aliphatic carbocycles. The monoisotopic (exact) mass is 425 g/mol. The fraction of sp³-hybridized carbons (Fsp3) is 0.125. The van der Waals surface area contributed by atoms with Crippen molar-refractivity contribution in [3.63, 3.8) is 0 Å². The van der Waals surface area contributed by atoms with Gasteiger partial charge < -0.3 is 5.32 Å². The Kier molecular flexibility index (Phi) is 4.96. The van der Waals surface area contributed by atoms with Gasteiger partial charge in [-0.2, -0.15) is 0 Å². The van der Waals surface area contributed by atoms with Crippen LogP contribution in [0.15, 0.2) is 109 Å². The van der Waals surface area contributed by atoms with Gasteiger partial charge in [-0.3, -0.25) is 0 Å². The first-order valence-corrected chi connectivity index (χ1v) is 11.8. The molecule has 1 N–H and O–H groups in total. The highest BCUT2D eigenvalue weighted by atomic mass is 14.9. The largest absolute Gasteiger partial charge is 0.355 e. The quantitative estimate of drug-likeness (QED) is 0.472. The van der Waals surface area contributed by atoms with Crippen LogP contribution in [0, 0.1) is 0 Å². The summed E-state index contributed by atoms with van der Waals surface area (Å²) in [6.45, 7) is 2.12. The van der Waals surface area contributed by atoms with Crippen LogP contribution >= 0.6 is 0 Å². The Hall–Kier alpha value is -3.84. The van der Waals surface area contributed by atoms with Crippen molar-refractivity contribution in [2.45, 2.75) is 25.2 Å². The van der Waals surface area contributed by atoms with Gasteiger partial charge in [0.1, 0.15) is 0 Å². The van der Waals surface area contributed by atoms with E-state index in [1.165, 1.54) is 38.3 Å². The van der Waals surface area contributed by atoms with Gasteiger partial charge in [-0.25, -0.2) is 0 Å². The summed E-state index contributed by atoms with van der Waals surface area (Å²) in [5.41, 5.74) is 9.13. The molecule has 0 aliphatic heterocycles. The van der Waals surface area contributed by atoms with Gasteiger partial charge in [0.15, 0.2) is 0 Å². The molecule has 0 aromatic heterocycles. The number of fused-ring (bicyclic) bond motifs is 6. The Morgan fingerprint density at radius 1 is 0.758 bits per heavy atom. The van der Waals surface area contributed by atoms with Gasteiger partial charge in [0, 0.05) is 23.2 Å². The molecule has 3 aliphatic rings. The first-order chi connectivity index (χ1) is 16.3. The third-order valence-electron chi connectivity index (χ3n) is 7.04. The first kappa shape index (κ1) is 19.8. The second-order valence-corrected chi connectivity index (χ2v) is 8.94. The fourth-order valence-electron chi connectivity index (χ4n) is 5.44. The zero-order chi connectivity index (χ0) is 22.2. The van der Waals surface area contributed by atoms with Gasteiger partial charge in [-0.05, 0) is 75.9 Å². The van der Waals surface area contributed by atoms with E-state index in [0.717, 1.165) is 17.8 Å². The van der Waals surface area contributed by atoms with E-state index in [2.05, 4.69) is 128 Å². The summed E-state index contributed by atoms with van der Waals surface area (Å²) in [6, 6.07) is 22.4. The van der Waals surface area contributed by atoms with E-state index >= 15 is 0 Å². The number of hydrogen-bond acceptors (Lipinski definition) is 1. The lowest BCUT2D eigenvalue weighted by atomic mass is 9.70. The topological polar surface area (TPSA) is 12.0 Å². The molecule has 0 fully saturated rings. The van der Waals surface area contributed by atoms with Crippen molar-refractivity contribution in [3.05, 3.63) is 131 Å². The maximum absolute atomic E-state index is 3.67. The summed E-state index contributed by atoms with van der Waals surface area (Å²) >= 11 is 0. The van der Waals surface area contributed by atoms with Gasteiger partial charge in [0.25, 0.3) is 0 Å². The molecule has 3 aromatic carbocycles. The van der Waals surface area contributed by atoms with Crippen LogP contribution < -0.4 is 15.8 Å². The summed E-state index contributed by atoms with van der Waals surface area (Å²) in [5, 5.41) is 6.24. The molecule has 2 atom stereocenters. The third-order valence-corrected chi connectivity index (χ3v) is 7.04. The Bertz CT molecular complexity index is 1480. The Labute approximate surface area is 195 Å². The molecule has 160 valence electrons. The zero-order valence-corrected chi connectivity index (χ0v) is 18.8. The van der Waals surface area contributed by atoms with Crippen molar-refractivity contribution >= 4 is 23.0 Å². The molecule has 6 rings (SSSR count). The number of hydrogen-bond donors (Lipinski definition) is 1. The highest BCUT2D eigenvalue weighted by Crippen LogP contribution is 2.49. The molecule has 1 nitrogen and oxygen atoms in total. The molecule has 0 radical (unpaired) electrons. The number of allylic oxidation sites excluding steroid dienone is 8. The standard InChI is InChI=1S/C32H27N/c1-2-22-20-24(16-18-26(22)23-10-4-3-5-11-23)33-25-17-19-31-29-14-7-6-12-27(29)28-13-8-9-15-30(28)32(31)21-25/h2-10,12-21,27,29,33H,11H2,1H3/b22-2-,26-23-. The van der Waals surface area contributed by atoms with Crippen LogP contribution in [-0.4, -0.2) is 0 Å². The SMILES string of the molecule is C/C=c1/cc(Nc2ccc3c(c2)-c2ccccc2C2C=CC=CC32)cc/c1=C1\C=CC=CC1. The van der Waals surface area contributed by atoms with Crippen molar-refractivity contribution in [3.8, 4) is 11.1 Å². The van der Waals surface area contributed by atoms with Crippen molar-refractivity contribution in [2.75, 3.05) is 5.32 Å². The summed E-state index contributed by atoms with van der Waals surface area (Å²) < 4.78 is 0. The van der Waals surface area contributed by atoms with Gasteiger partial charge in [0.05, 0.1) is 0 Å².